The number of hydrogen-bond donors (Lipinski definition) is 1. The number of fused-ring (bicyclic) bond motifs is 1. The maximum Gasteiger partial charge on any atom is 0.253 e. The van der Waals surface area contributed by atoms with Crippen LogP contribution in [-0.2, 0) is 4.79 Å². The van der Waals surface area contributed by atoms with Crippen molar-refractivity contribution in [2.24, 2.45) is 0 Å². The normalized spacial score (nSPS) is 29.7. The predicted molar refractivity (Wildman–Crippen MR) is 94.2 cm³/mol. The second-order valence-electron chi connectivity index (χ2n) is 7.60. The number of rotatable bonds is 3. The number of piperazine rings is 1. The van der Waals surface area contributed by atoms with E-state index in [4.69, 9.17) is 0 Å². The van der Waals surface area contributed by atoms with E-state index in [1.165, 1.54) is 0 Å². The Bertz CT molecular complexity index is 660. The number of nitrogens with one attached hydrogen (secondary N) is 1. The van der Waals surface area contributed by atoms with Crippen LogP contribution in [0.25, 0.3) is 0 Å². The van der Waals surface area contributed by atoms with Gasteiger partial charge < -0.3 is 10.2 Å². The maximum atomic E-state index is 12.4. The van der Waals surface area contributed by atoms with Gasteiger partial charge in [0.05, 0.1) is 5.56 Å². The van der Waals surface area contributed by atoms with Crippen molar-refractivity contribution in [1.82, 2.24) is 20.1 Å². The van der Waals surface area contributed by atoms with Crippen LogP contribution in [0.2, 0.25) is 0 Å². The summed E-state index contributed by atoms with van der Waals surface area (Å²) in [6, 6.07) is 4.88. The van der Waals surface area contributed by atoms with Gasteiger partial charge in [0.1, 0.15) is 0 Å². The molecule has 2 saturated heterocycles. The molecule has 0 spiro atoms. The molecule has 1 saturated carbocycles. The number of pyridine rings is 1. The minimum Gasteiger partial charge on any atom is -0.349 e. The van der Waals surface area contributed by atoms with Crippen LogP contribution in [0.3, 0.4) is 0 Å². The molecule has 3 atom stereocenters. The molecule has 1 N–H and O–H groups in total. The molecule has 6 nitrogen and oxygen atoms in total. The lowest BCUT2D eigenvalue weighted by Crippen LogP contribution is -2.54. The fourth-order valence-electron chi connectivity index (χ4n) is 4.51. The third-order valence-electron chi connectivity index (χ3n) is 5.96. The summed E-state index contributed by atoms with van der Waals surface area (Å²) >= 11 is 0. The average molecular weight is 342 g/mol. The van der Waals surface area contributed by atoms with Crippen molar-refractivity contribution < 1.29 is 9.59 Å². The Morgan fingerprint density at radius 3 is 2.88 bits per heavy atom. The van der Waals surface area contributed by atoms with Crippen molar-refractivity contribution in [3.63, 3.8) is 0 Å². The van der Waals surface area contributed by atoms with Crippen LogP contribution < -0.4 is 5.32 Å². The van der Waals surface area contributed by atoms with Crippen molar-refractivity contribution in [2.45, 2.75) is 57.2 Å². The van der Waals surface area contributed by atoms with Crippen molar-refractivity contribution >= 4 is 11.8 Å². The van der Waals surface area contributed by atoms with Gasteiger partial charge in [-0.05, 0) is 44.7 Å². The molecule has 2 amide bonds. The van der Waals surface area contributed by atoms with E-state index in [1.807, 2.05) is 19.1 Å². The molecule has 1 aromatic heterocycles. The summed E-state index contributed by atoms with van der Waals surface area (Å²) in [5, 5.41) is 3.17. The summed E-state index contributed by atoms with van der Waals surface area (Å²) in [5.74, 6) is 0.303. The summed E-state index contributed by atoms with van der Waals surface area (Å²) in [4.78, 5) is 33.0. The second-order valence-corrected chi connectivity index (χ2v) is 7.60. The minimum atomic E-state index is -0.0237. The first kappa shape index (κ1) is 16.5. The van der Waals surface area contributed by atoms with E-state index in [0.717, 1.165) is 51.0 Å². The highest BCUT2D eigenvalue weighted by Gasteiger charge is 2.39. The Balaban J connectivity index is 1.30. The number of nitrogens with zero attached hydrogens (tertiary/aromatic N) is 3. The number of amides is 2. The molecule has 4 rings (SSSR count). The number of carbonyl (C=O) groups excluding carboxylic acids is 2. The first-order chi connectivity index (χ1) is 12.1. The Hall–Kier alpha value is -1.95. The molecule has 3 fully saturated rings. The quantitative estimate of drug-likeness (QED) is 0.900. The monoisotopic (exact) mass is 342 g/mol. The van der Waals surface area contributed by atoms with Crippen molar-refractivity contribution in [1.29, 1.82) is 0 Å². The summed E-state index contributed by atoms with van der Waals surface area (Å²) in [7, 11) is 0. The Labute approximate surface area is 148 Å². The largest absolute Gasteiger partial charge is 0.349 e. The zero-order valence-electron chi connectivity index (χ0n) is 14.8. The fourth-order valence-corrected chi connectivity index (χ4v) is 4.51. The minimum absolute atomic E-state index is 0.0237. The molecular formula is C19H26N4O2. The van der Waals surface area contributed by atoms with E-state index in [0.29, 0.717) is 30.0 Å². The average Bonchev–Trinajstić information content (AvgIpc) is 3.22. The lowest BCUT2D eigenvalue weighted by molar-refractivity contribution is -0.131. The third-order valence-corrected chi connectivity index (χ3v) is 5.96. The van der Waals surface area contributed by atoms with E-state index >= 15 is 0 Å². The highest BCUT2D eigenvalue weighted by Crippen LogP contribution is 2.29. The number of carbonyl (C=O) groups is 2. The van der Waals surface area contributed by atoms with Gasteiger partial charge in [0.2, 0.25) is 5.91 Å². The van der Waals surface area contributed by atoms with Gasteiger partial charge in [0.25, 0.3) is 5.91 Å². The summed E-state index contributed by atoms with van der Waals surface area (Å²) < 4.78 is 0. The molecular weight excluding hydrogens is 316 g/mol. The lowest BCUT2D eigenvalue weighted by atomic mass is 10.1. The first-order valence-electron chi connectivity index (χ1n) is 9.37. The van der Waals surface area contributed by atoms with Crippen LogP contribution in [-0.4, -0.2) is 64.4 Å². The van der Waals surface area contributed by atoms with E-state index in [-0.39, 0.29) is 11.9 Å². The van der Waals surface area contributed by atoms with Crippen LogP contribution >= 0.6 is 0 Å². The van der Waals surface area contributed by atoms with Crippen LogP contribution in [0.15, 0.2) is 18.3 Å². The van der Waals surface area contributed by atoms with Gasteiger partial charge in [-0.1, -0.05) is 0 Å². The summed E-state index contributed by atoms with van der Waals surface area (Å²) in [6.45, 7) is 4.75. The molecule has 25 heavy (non-hydrogen) atoms. The van der Waals surface area contributed by atoms with E-state index < -0.39 is 0 Å². The van der Waals surface area contributed by atoms with Crippen LogP contribution in [0.5, 0.6) is 0 Å². The molecule has 134 valence electrons. The topological polar surface area (TPSA) is 65.5 Å². The highest BCUT2D eigenvalue weighted by molar-refractivity contribution is 5.94. The highest BCUT2D eigenvalue weighted by atomic mass is 16.2. The first-order valence-corrected chi connectivity index (χ1v) is 9.37. The zero-order chi connectivity index (χ0) is 17.4. The Morgan fingerprint density at radius 1 is 1.20 bits per heavy atom. The van der Waals surface area contributed by atoms with Gasteiger partial charge in [-0.25, -0.2) is 0 Å². The van der Waals surface area contributed by atoms with Gasteiger partial charge in [-0.2, -0.15) is 0 Å². The van der Waals surface area contributed by atoms with E-state index in [1.54, 1.807) is 6.20 Å². The molecule has 1 aromatic rings. The molecule has 0 bridgehead atoms. The molecule has 6 heteroatoms. The summed E-state index contributed by atoms with van der Waals surface area (Å²) in [6.07, 6.45) is 6.52. The van der Waals surface area contributed by atoms with Gasteiger partial charge in [0.15, 0.2) is 0 Å². The maximum absolute atomic E-state index is 12.4. The lowest BCUT2D eigenvalue weighted by Gasteiger charge is -2.40. The SMILES string of the molecule is Cc1ccc(C(=O)NC2CCC(N3CCN4C(=O)CCC4C3)C2)cn1. The van der Waals surface area contributed by atoms with Crippen molar-refractivity contribution in [3.05, 3.63) is 29.6 Å². The third kappa shape index (κ3) is 3.40. The number of aromatic nitrogens is 1. The van der Waals surface area contributed by atoms with Crippen LogP contribution in [0, 0.1) is 6.92 Å². The Morgan fingerprint density at radius 2 is 2.08 bits per heavy atom. The van der Waals surface area contributed by atoms with Crippen LogP contribution in [0.4, 0.5) is 0 Å². The van der Waals surface area contributed by atoms with Crippen molar-refractivity contribution in [3.8, 4) is 0 Å². The van der Waals surface area contributed by atoms with Gasteiger partial charge >= 0.3 is 0 Å². The van der Waals surface area contributed by atoms with E-state index in [2.05, 4.69) is 20.1 Å². The molecule has 0 aromatic carbocycles. The van der Waals surface area contributed by atoms with Crippen molar-refractivity contribution in [2.75, 3.05) is 19.6 Å². The molecule has 2 aliphatic heterocycles. The second kappa shape index (κ2) is 6.75. The predicted octanol–water partition coefficient (Wildman–Crippen LogP) is 1.35. The molecule has 1 aliphatic carbocycles. The fraction of sp³-hybridized carbons (Fsp3) is 0.632. The zero-order valence-corrected chi connectivity index (χ0v) is 14.8. The van der Waals surface area contributed by atoms with E-state index in [9.17, 15) is 9.59 Å². The molecule has 0 radical (unpaired) electrons. The van der Waals surface area contributed by atoms with Gasteiger partial charge in [0, 0.05) is 56.1 Å². The standard InChI is InChI=1S/C19H26N4O2/c1-13-2-3-14(11-20-13)19(25)21-15-4-5-16(10-15)22-8-9-23-17(12-22)6-7-18(23)24/h2-3,11,15-17H,4-10,12H2,1H3,(H,21,25). The molecule has 3 heterocycles. The number of aryl methyl sites for hydroxylation is 1. The van der Waals surface area contributed by atoms with Crippen LogP contribution in [0.1, 0.15) is 48.2 Å². The smallest absolute Gasteiger partial charge is 0.253 e. The van der Waals surface area contributed by atoms with Gasteiger partial charge in [-0.3, -0.25) is 19.5 Å². The van der Waals surface area contributed by atoms with Gasteiger partial charge in [-0.15, -0.1) is 0 Å². The molecule has 3 unspecified atom stereocenters. The molecule has 3 aliphatic rings. The summed E-state index contributed by atoms with van der Waals surface area (Å²) in [5.41, 5.74) is 1.55. The number of hydrogen-bond acceptors (Lipinski definition) is 4. The Kier molecular flexibility index (Phi) is 4.46.